The largest absolute Gasteiger partial charge is 0.118 e. The van der Waals surface area contributed by atoms with Gasteiger partial charge in [0.2, 0.25) is 0 Å². The van der Waals surface area contributed by atoms with Gasteiger partial charge in [0.15, 0.2) is 0 Å². The van der Waals surface area contributed by atoms with E-state index in [-0.39, 0.29) is 0 Å². The van der Waals surface area contributed by atoms with Gasteiger partial charge in [-0.15, -0.1) is 11.8 Å². The summed E-state index contributed by atoms with van der Waals surface area (Å²) in [7, 11) is 0. The Hall–Kier alpha value is -0.730. The van der Waals surface area contributed by atoms with Gasteiger partial charge in [0.25, 0.3) is 0 Å². The fourth-order valence-electron chi connectivity index (χ4n) is 1.69. The number of benzene rings is 2. The van der Waals surface area contributed by atoms with Crippen molar-refractivity contribution >= 4 is 27.7 Å². The third-order valence-electron chi connectivity index (χ3n) is 2.68. The van der Waals surface area contributed by atoms with Crippen molar-refractivity contribution in [3.63, 3.8) is 0 Å². The van der Waals surface area contributed by atoms with Crippen molar-refractivity contribution in [2.75, 3.05) is 0 Å². The summed E-state index contributed by atoms with van der Waals surface area (Å²) in [5.41, 5.74) is 2.65. The van der Waals surface area contributed by atoms with Crippen molar-refractivity contribution in [2.24, 2.45) is 0 Å². The predicted octanol–water partition coefficient (Wildman–Crippen LogP) is 5.61. The van der Waals surface area contributed by atoms with Gasteiger partial charge < -0.3 is 0 Å². The Kier molecular flexibility index (Phi) is 4.30. The van der Waals surface area contributed by atoms with Gasteiger partial charge in [-0.3, -0.25) is 0 Å². The summed E-state index contributed by atoms with van der Waals surface area (Å²) >= 11 is 5.50. The minimum atomic E-state index is 0.452. The van der Waals surface area contributed by atoms with E-state index in [0.29, 0.717) is 5.25 Å². The summed E-state index contributed by atoms with van der Waals surface area (Å²) < 4.78 is 1.19. The van der Waals surface area contributed by atoms with Crippen molar-refractivity contribution in [3.05, 3.63) is 64.1 Å². The number of thioether (sulfide) groups is 1. The highest BCUT2D eigenvalue weighted by atomic mass is 79.9. The van der Waals surface area contributed by atoms with Crippen LogP contribution in [0.5, 0.6) is 0 Å². The molecule has 0 aliphatic carbocycles. The van der Waals surface area contributed by atoms with E-state index in [1.54, 1.807) is 0 Å². The van der Waals surface area contributed by atoms with Crippen LogP contribution < -0.4 is 0 Å². The molecule has 1 unspecified atom stereocenters. The quantitative estimate of drug-likeness (QED) is 0.664. The maximum atomic E-state index is 3.61. The van der Waals surface area contributed by atoms with Crippen molar-refractivity contribution < 1.29 is 0 Å². The van der Waals surface area contributed by atoms with Crippen LogP contribution in [0.2, 0.25) is 0 Å². The molecule has 2 rings (SSSR count). The van der Waals surface area contributed by atoms with E-state index < -0.39 is 0 Å². The van der Waals surface area contributed by atoms with E-state index in [4.69, 9.17) is 0 Å². The lowest BCUT2D eigenvalue weighted by Crippen LogP contribution is -1.89. The van der Waals surface area contributed by atoms with E-state index in [2.05, 4.69) is 78.3 Å². The molecular weight excluding hydrogens is 292 g/mol. The third-order valence-corrected chi connectivity index (χ3v) is 4.55. The molecule has 0 spiro atoms. The van der Waals surface area contributed by atoms with Gasteiger partial charge in [0.1, 0.15) is 0 Å². The van der Waals surface area contributed by atoms with Crippen LogP contribution in [0.3, 0.4) is 0 Å². The topological polar surface area (TPSA) is 0 Å². The van der Waals surface area contributed by atoms with Gasteiger partial charge in [-0.1, -0.05) is 51.8 Å². The average molecular weight is 307 g/mol. The van der Waals surface area contributed by atoms with E-state index in [0.717, 1.165) is 0 Å². The molecular formula is C15H15BrS. The molecule has 0 fully saturated rings. The molecule has 0 aromatic heterocycles. The van der Waals surface area contributed by atoms with Gasteiger partial charge in [0, 0.05) is 14.6 Å². The van der Waals surface area contributed by atoms with E-state index >= 15 is 0 Å². The minimum absolute atomic E-state index is 0.452. The molecule has 2 aromatic carbocycles. The van der Waals surface area contributed by atoms with Crippen molar-refractivity contribution in [3.8, 4) is 0 Å². The summed E-state index contributed by atoms with van der Waals surface area (Å²) in [6.07, 6.45) is 0. The number of hydrogen-bond donors (Lipinski definition) is 0. The highest BCUT2D eigenvalue weighted by Gasteiger charge is 2.09. The summed E-state index contributed by atoms with van der Waals surface area (Å²) in [6.45, 7) is 4.36. The molecule has 17 heavy (non-hydrogen) atoms. The minimum Gasteiger partial charge on any atom is -0.118 e. The number of rotatable bonds is 3. The van der Waals surface area contributed by atoms with Gasteiger partial charge in [0.05, 0.1) is 0 Å². The molecule has 2 aromatic rings. The smallest absolute Gasteiger partial charge is 0.0327 e. The molecule has 0 aliphatic rings. The first-order chi connectivity index (χ1) is 8.16. The first-order valence-electron chi connectivity index (χ1n) is 5.64. The van der Waals surface area contributed by atoms with Crippen LogP contribution in [0.25, 0.3) is 0 Å². The van der Waals surface area contributed by atoms with E-state index in [1.165, 1.54) is 20.5 Å². The Morgan fingerprint density at radius 3 is 2.29 bits per heavy atom. The normalized spacial score (nSPS) is 12.4. The predicted molar refractivity (Wildman–Crippen MR) is 79.6 cm³/mol. The highest BCUT2D eigenvalue weighted by molar-refractivity contribution is 9.10. The second-order valence-electron chi connectivity index (χ2n) is 4.09. The number of hydrogen-bond acceptors (Lipinski definition) is 1. The van der Waals surface area contributed by atoms with Crippen LogP contribution in [0.1, 0.15) is 23.3 Å². The standard InChI is InChI=1S/C15H15BrS/c1-11-7-9-13(10-8-11)17-12(2)14-5-3-4-6-15(14)16/h3-10,12H,1-2H3. The fourth-order valence-corrected chi connectivity index (χ4v) is 3.50. The van der Waals surface area contributed by atoms with Crippen molar-refractivity contribution in [1.82, 2.24) is 0 Å². The summed E-state index contributed by atoms with van der Waals surface area (Å²) in [5, 5.41) is 0.452. The van der Waals surface area contributed by atoms with E-state index in [1.807, 2.05) is 11.8 Å². The Balaban J connectivity index is 2.14. The van der Waals surface area contributed by atoms with Gasteiger partial charge in [-0.05, 0) is 37.6 Å². The molecule has 0 amide bonds. The molecule has 0 nitrogen and oxygen atoms in total. The molecule has 88 valence electrons. The zero-order valence-electron chi connectivity index (χ0n) is 9.98. The maximum absolute atomic E-state index is 3.61. The lowest BCUT2D eigenvalue weighted by Gasteiger charge is -2.13. The molecule has 2 heteroatoms. The lowest BCUT2D eigenvalue weighted by molar-refractivity contribution is 1.08. The monoisotopic (exact) mass is 306 g/mol. The summed E-state index contributed by atoms with van der Waals surface area (Å²) in [5.74, 6) is 0. The summed E-state index contributed by atoms with van der Waals surface area (Å²) in [4.78, 5) is 1.32. The van der Waals surface area contributed by atoms with Crippen LogP contribution in [0, 0.1) is 6.92 Å². The van der Waals surface area contributed by atoms with Gasteiger partial charge in [-0.25, -0.2) is 0 Å². The Morgan fingerprint density at radius 1 is 1.00 bits per heavy atom. The number of halogens is 1. The maximum Gasteiger partial charge on any atom is 0.0327 e. The average Bonchev–Trinajstić information content (AvgIpc) is 2.32. The third kappa shape index (κ3) is 3.36. The van der Waals surface area contributed by atoms with Crippen LogP contribution in [-0.4, -0.2) is 0 Å². The molecule has 1 atom stereocenters. The van der Waals surface area contributed by atoms with Gasteiger partial charge in [-0.2, -0.15) is 0 Å². The molecule has 0 heterocycles. The van der Waals surface area contributed by atoms with Gasteiger partial charge >= 0.3 is 0 Å². The van der Waals surface area contributed by atoms with Crippen molar-refractivity contribution in [2.45, 2.75) is 24.0 Å². The molecule has 0 radical (unpaired) electrons. The molecule has 0 bridgehead atoms. The van der Waals surface area contributed by atoms with E-state index in [9.17, 15) is 0 Å². The lowest BCUT2D eigenvalue weighted by atomic mass is 10.2. The highest BCUT2D eigenvalue weighted by Crippen LogP contribution is 2.37. The SMILES string of the molecule is Cc1ccc(SC(C)c2ccccc2Br)cc1. The fraction of sp³-hybridized carbons (Fsp3) is 0.200. The summed E-state index contributed by atoms with van der Waals surface area (Å²) in [6, 6.07) is 17.1. The van der Waals surface area contributed by atoms with Crippen LogP contribution in [0.15, 0.2) is 57.9 Å². The Morgan fingerprint density at radius 2 is 1.65 bits per heavy atom. The molecule has 0 aliphatic heterocycles. The molecule has 0 N–H and O–H groups in total. The molecule has 0 saturated heterocycles. The Bertz CT molecular complexity index is 491. The second-order valence-corrected chi connectivity index (χ2v) is 6.36. The van der Waals surface area contributed by atoms with Crippen molar-refractivity contribution in [1.29, 1.82) is 0 Å². The van der Waals surface area contributed by atoms with Crippen LogP contribution in [0.4, 0.5) is 0 Å². The first-order valence-corrected chi connectivity index (χ1v) is 7.32. The second kappa shape index (κ2) is 5.74. The zero-order chi connectivity index (χ0) is 12.3. The Labute approximate surface area is 116 Å². The molecule has 0 saturated carbocycles. The number of aryl methyl sites for hydroxylation is 1. The van der Waals surface area contributed by atoms with Crippen LogP contribution >= 0.6 is 27.7 Å². The van der Waals surface area contributed by atoms with Crippen LogP contribution in [-0.2, 0) is 0 Å². The first kappa shape index (κ1) is 12.7. The zero-order valence-corrected chi connectivity index (χ0v) is 12.4.